The van der Waals surface area contributed by atoms with Gasteiger partial charge in [0.15, 0.2) is 0 Å². The van der Waals surface area contributed by atoms with Gasteiger partial charge in [-0.25, -0.2) is 4.98 Å². The van der Waals surface area contributed by atoms with Gasteiger partial charge in [-0.15, -0.1) is 0 Å². The van der Waals surface area contributed by atoms with Crippen molar-refractivity contribution in [2.75, 3.05) is 50.1 Å². The van der Waals surface area contributed by atoms with Crippen LogP contribution in [0.1, 0.15) is 25.3 Å². The van der Waals surface area contributed by atoms with E-state index in [2.05, 4.69) is 32.8 Å². The van der Waals surface area contributed by atoms with Crippen LogP contribution in [0.5, 0.6) is 5.75 Å². The van der Waals surface area contributed by atoms with Crippen molar-refractivity contribution < 1.29 is 22.6 Å². The zero-order valence-corrected chi connectivity index (χ0v) is 18.0. The third-order valence-corrected chi connectivity index (χ3v) is 5.71. The first-order valence-corrected chi connectivity index (χ1v) is 10.8. The number of halogens is 3. The third kappa shape index (κ3) is 5.80. The number of hydrogen-bond acceptors (Lipinski definition) is 7. The second-order valence-electron chi connectivity index (χ2n) is 8.77. The molecule has 2 aliphatic heterocycles. The predicted octanol–water partition coefficient (Wildman–Crippen LogP) is 4.07. The molecule has 32 heavy (non-hydrogen) atoms. The van der Waals surface area contributed by atoms with Gasteiger partial charge in [-0.2, -0.15) is 18.2 Å². The van der Waals surface area contributed by atoms with E-state index in [-0.39, 0.29) is 17.2 Å². The Labute approximate surface area is 185 Å². The lowest BCUT2D eigenvalue weighted by atomic mass is 9.90. The molecule has 2 fully saturated rings. The number of rotatable bonds is 8. The van der Waals surface area contributed by atoms with Crippen molar-refractivity contribution in [3.05, 3.63) is 36.0 Å². The number of ether oxygens (including phenoxy) is 2. The quantitative estimate of drug-likeness (QED) is 0.558. The Hall–Kier alpha value is -2.59. The highest BCUT2D eigenvalue weighted by Gasteiger charge is 2.36. The van der Waals surface area contributed by atoms with Gasteiger partial charge in [-0.1, -0.05) is 6.92 Å². The molecule has 3 N–H and O–H groups in total. The first kappa shape index (κ1) is 22.6. The van der Waals surface area contributed by atoms with Crippen molar-refractivity contribution in [3.8, 4) is 5.75 Å². The zero-order valence-electron chi connectivity index (χ0n) is 18.0. The normalized spacial score (nSPS) is 18.6. The maximum absolute atomic E-state index is 13.4. The number of aromatic nitrogens is 2. The molecule has 2 saturated heterocycles. The molecule has 0 spiro atoms. The summed E-state index contributed by atoms with van der Waals surface area (Å²) in [5.41, 5.74) is -0.170. The molecule has 4 rings (SSSR count). The molecule has 0 unspecified atom stereocenters. The second-order valence-corrected chi connectivity index (χ2v) is 8.77. The maximum atomic E-state index is 13.4. The number of hydrogen-bond donors (Lipinski definition) is 3. The summed E-state index contributed by atoms with van der Waals surface area (Å²) in [4.78, 5) is 7.98. The van der Waals surface area contributed by atoms with Crippen LogP contribution in [0.3, 0.4) is 0 Å². The Morgan fingerprint density at radius 2 is 1.91 bits per heavy atom. The van der Waals surface area contributed by atoms with Gasteiger partial charge in [0, 0.05) is 23.8 Å². The minimum absolute atomic E-state index is 0.0442. The van der Waals surface area contributed by atoms with E-state index in [1.54, 1.807) is 24.3 Å². The highest BCUT2D eigenvalue weighted by Crippen LogP contribution is 2.34. The maximum Gasteiger partial charge on any atom is 0.421 e. The van der Waals surface area contributed by atoms with Crippen LogP contribution in [0.15, 0.2) is 30.5 Å². The fourth-order valence-electron chi connectivity index (χ4n) is 3.67. The van der Waals surface area contributed by atoms with Crippen LogP contribution >= 0.6 is 0 Å². The Morgan fingerprint density at radius 3 is 2.53 bits per heavy atom. The van der Waals surface area contributed by atoms with Crippen LogP contribution in [-0.4, -0.2) is 49.4 Å². The fraction of sp³-hybridized carbons (Fsp3) is 0.545. The Balaban J connectivity index is 1.41. The average Bonchev–Trinajstić information content (AvgIpc) is 2.76. The lowest BCUT2D eigenvalue weighted by Gasteiger charge is -2.37. The van der Waals surface area contributed by atoms with Crippen LogP contribution in [0.4, 0.5) is 30.6 Å². The number of piperidine rings is 1. The van der Waals surface area contributed by atoms with E-state index >= 15 is 0 Å². The molecule has 3 heterocycles. The fourth-order valence-corrected chi connectivity index (χ4v) is 3.67. The summed E-state index contributed by atoms with van der Waals surface area (Å²) in [5.74, 6) is 0.911. The van der Waals surface area contributed by atoms with E-state index in [0.717, 1.165) is 32.1 Å². The van der Waals surface area contributed by atoms with Gasteiger partial charge in [0.2, 0.25) is 5.95 Å². The van der Waals surface area contributed by atoms with E-state index in [4.69, 9.17) is 9.47 Å². The average molecular weight is 451 g/mol. The van der Waals surface area contributed by atoms with Gasteiger partial charge in [0.1, 0.15) is 17.1 Å². The van der Waals surface area contributed by atoms with Crippen LogP contribution < -0.4 is 20.7 Å². The number of nitrogens with one attached hydrogen (secondary N) is 3. The molecule has 2 aromatic rings. The van der Waals surface area contributed by atoms with Gasteiger partial charge in [0.25, 0.3) is 0 Å². The predicted molar refractivity (Wildman–Crippen MR) is 115 cm³/mol. The minimum Gasteiger partial charge on any atom is -0.493 e. The topological polar surface area (TPSA) is 80.3 Å². The number of nitrogens with zero attached hydrogens (tertiary/aromatic N) is 2. The van der Waals surface area contributed by atoms with Crippen molar-refractivity contribution in [1.82, 2.24) is 15.3 Å². The molecular formula is C22H28F3N5O2. The van der Waals surface area contributed by atoms with E-state index in [9.17, 15) is 13.2 Å². The molecular weight excluding hydrogens is 423 g/mol. The molecule has 0 atom stereocenters. The van der Waals surface area contributed by atoms with Crippen molar-refractivity contribution in [2.45, 2.75) is 25.9 Å². The summed E-state index contributed by atoms with van der Waals surface area (Å²) in [7, 11) is 0. The number of benzene rings is 1. The monoisotopic (exact) mass is 451 g/mol. The molecule has 1 aromatic carbocycles. The zero-order chi connectivity index (χ0) is 22.6. The molecule has 0 saturated carbocycles. The van der Waals surface area contributed by atoms with Crippen molar-refractivity contribution in [2.24, 2.45) is 11.3 Å². The molecule has 10 heteroatoms. The minimum atomic E-state index is -4.53. The van der Waals surface area contributed by atoms with Crippen LogP contribution in [0, 0.1) is 11.3 Å². The highest BCUT2D eigenvalue weighted by molar-refractivity contribution is 5.57. The Morgan fingerprint density at radius 1 is 1.19 bits per heavy atom. The SMILES string of the molecule is CC1(COc2ccc(Nc3ncc(C(F)(F)F)c(NCC4CCNCC4)n3)cc2)COC1. The molecule has 0 aliphatic carbocycles. The largest absolute Gasteiger partial charge is 0.493 e. The van der Waals surface area contributed by atoms with Crippen molar-refractivity contribution in [3.63, 3.8) is 0 Å². The lowest BCUT2D eigenvalue weighted by Crippen LogP contribution is -2.44. The summed E-state index contributed by atoms with van der Waals surface area (Å²) in [6.45, 7) is 6.23. The van der Waals surface area contributed by atoms with Crippen LogP contribution in [0.25, 0.3) is 0 Å². The van der Waals surface area contributed by atoms with Gasteiger partial charge in [0.05, 0.1) is 19.8 Å². The molecule has 2 aliphatic rings. The first-order valence-electron chi connectivity index (χ1n) is 10.8. The first-order chi connectivity index (χ1) is 15.3. The lowest BCUT2D eigenvalue weighted by molar-refractivity contribution is -0.137. The summed E-state index contributed by atoms with van der Waals surface area (Å²) >= 11 is 0. The van der Waals surface area contributed by atoms with Gasteiger partial charge in [-0.05, 0) is 56.1 Å². The van der Waals surface area contributed by atoms with Gasteiger partial charge < -0.3 is 25.4 Å². The smallest absolute Gasteiger partial charge is 0.421 e. The van der Waals surface area contributed by atoms with E-state index in [1.807, 2.05) is 0 Å². The van der Waals surface area contributed by atoms with Crippen molar-refractivity contribution >= 4 is 17.5 Å². The van der Waals surface area contributed by atoms with Crippen LogP contribution in [-0.2, 0) is 10.9 Å². The van der Waals surface area contributed by atoms with Gasteiger partial charge in [-0.3, -0.25) is 0 Å². The molecule has 0 radical (unpaired) electrons. The third-order valence-electron chi connectivity index (χ3n) is 5.71. The number of anilines is 3. The summed E-state index contributed by atoms with van der Waals surface area (Å²) in [6, 6.07) is 7.15. The van der Waals surface area contributed by atoms with E-state index in [1.165, 1.54) is 0 Å². The molecule has 0 amide bonds. The summed E-state index contributed by atoms with van der Waals surface area (Å²) < 4.78 is 51.3. The second kappa shape index (κ2) is 9.50. The molecule has 7 nitrogen and oxygen atoms in total. The van der Waals surface area contributed by atoms with E-state index < -0.39 is 11.7 Å². The standard InChI is InChI=1S/C22H28F3N5O2/c1-21(12-31-13-21)14-32-17-4-2-16(3-5-17)29-20-28-11-18(22(23,24)25)19(30-20)27-10-15-6-8-26-9-7-15/h2-5,11,15,26H,6-10,12-14H2,1H3,(H2,27,28,29,30). The Bertz CT molecular complexity index is 897. The van der Waals surface area contributed by atoms with E-state index in [0.29, 0.717) is 43.7 Å². The molecule has 1 aromatic heterocycles. The number of alkyl halides is 3. The summed E-state index contributed by atoms with van der Waals surface area (Å²) in [5, 5.41) is 9.12. The Kier molecular flexibility index (Phi) is 6.71. The van der Waals surface area contributed by atoms with Crippen LogP contribution in [0.2, 0.25) is 0 Å². The van der Waals surface area contributed by atoms with Crippen molar-refractivity contribution in [1.29, 1.82) is 0 Å². The molecule has 0 bridgehead atoms. The van der Waals surface area contributed by atoms with Gasteiger partial charge >= 0.3 is 6.18 Å². The summed E-state index contributed by atoms with van der Waals surface area (Å²) in [6.07, 6.45) is -1.87. The highest BCUT2D eigenvalue weighted by atomic mass is 19.4. The molecule has 174 valence electrons.